The molecule has 5 nitrogen and oxygen atoms in total. The van der Waals surface area contributed by atoms with Gasteiger partial charge in [0, 0.05) is 16.6 Å². The third-order valence-electron chi connectivity index (χ3n) is 4.10. The number of aromatic nitrogens is 3. The molecule has 0 bridgehead atoms. The molecule has 4 aromatic rings. The first-order chi connectivity index (χ1) is 12.7. The van der Waals surface area contributed by atoms with Crippen molar-refractivity contribution in [3.8, 4) is 0 Å². The lowest BCUT2D eigenvalue weighted by Crippen LogP contribution is -2.23. The zero-order valence-electron chi connectivity index (χ0n) is 13.7. The average molecular weight is 383 g/mol. The molecule has 2 heterocycles. The van der Waals surface area contributed by atoms with Crippen LogP contribution in [0.4, 0.5) is 0 Å². The molecule has 7 heteroatoms. The minimum atomic E-state index is -0.160. The van der Waals surface area contributed by atoms with E-state index in [2.05, 4.69) is 15.4 Å². The van der Waals surface area contributed by atoms with Crippen LogP contribution in [-0.2, 0) is 13.1 Å². The van der Waals surface area contributed by atoms with Gasteiger partial charge in [-0.25, -0.2) is 9.67 Å². The summed E-state index contributed by atoms with van der Waals surface area (Å²) in [4.78, 5) is 17.1. The van der Waals surface area contributed by atoms with Gasteiger partial charge in [-0.1, -0.05) is 54.1 Å². The second kappa shape index (κ2) is 7.27. The van der Waals surface area contributed by atoms with Gasteiger partial charge in [0.15, 0.2) is 0 Å². The van der Waals surface area contributed by atoms with Crippen LogP contribution in [0.2, 0.25) is 5.02 Å². The molecule has 26 heavy (non-hydrogen) atoms. The summed E-state index contributed by atoms with van der Waals surface area (Å²) >= 11 is 7.80. The first-order valence-electron chi connectivity index (χ1n) is 8.07. The lowest BCUT2D eigenvalue weighted by atomic mass is 10.1. The van der Waals surface area contributed by atoms with E-state index in [-0.39, 0.29) is 5.91 Å². The van der Waals surface area contributed by atoms with Crippen LogP contribution in [0, 0.1) is 0 Å². The van der Waals surface area contributed by atoms with Crippen LogP contribution in [0.5, 0.6) is 0 Å². The molecule has 0 aliphatic carbocycles. The molecule has 2 aromatic heterocycles. The van der Waals surface area contributed by atoms with Gasteiger partial charge >= 0.3 is 0 Å². The van der Waals surface area contributed by atoms with Gasteiger partial charge in [0.05, 0.1) is 11.6 Å². The first-order valence-corrected chi connectivity index (χ1v) is 9.26. The van der Waals surface area contributed by atoms with Crippen LogP contribution in [0.15, 0.2) is 61.2 Å². The molecule has 0 unspecified atom stereocenters. The van der Waals surface area contributed by atoms with E-state index in [4.69, 9.17) is 11.6 Å². The quantitative estimate of drug-likeness (QED) is 0.564. The summed E-state index contributed by atoms with van der Waals surface area (Å²) in [7, 11) is 0. The lowest BCUT2D eigenvalue weighted by molar-refractivity contribution is 0.0955. The van der Waals surface area contributed by atoms with Crippen molar-refractivity contribution >= 4 is 38.9 Å². The summed E-state index contributed by atoms with van der Waals surface area (Å²) in [5, 5.41) is 8.54. The second-order valence-corrected chi connectivity index (χ2v) is 7.22. The average Bonchev–Trinajstić information content (AvgIpc) is 3.29. The van der Waals surface area contributed by atoms with Gasteiger partial charge in [0.2, 0.25) is 0 Å². The number of carbonyl (C=O) groups excluding carboxylic acids is 1. The molecule has 0 saturated heterocycles. The van der Waals surface area contributed by atoms with Crippen molar-refractivity contribution in [2.75, 3.05) is 0 Å². The Hall–Kier alpha value is -2.70. The van der Waals surface area contributed by atoms with E-state index in [1.54, 1.807) is 11.0 Å². The molecule has 0 saturated carbocycles. The summed E-state index contributed by atoms with van der Waals surface area (Å²) in [5.74, 6) is -0.160. The van der Waals surface area contributed by atoms with E-state index in [0.29, 0.717) is 23.0 Å². The topological polar surface area (TPSA) is 59.8 Å². The maximum Gasteiger partial charge on any atom is 0.263 e. The Balaban J connectivity index is 1.52. The Bertz CT molecular complexity index is 1060. The third kappa shape index (κ3) is 3.34. The fourth-order valence-corrected chi connectivity index (χ4v) is 4.22. The van der Waals surface area contributed by atoms with Crippen LogP contribution >= 0.6 is 22.9 Å². The highest BCUT2D eigenvalue weighted by Gasteiger charge is 2.17. The largest absolute Gasteiger partial charge is 0.347 e. The number of hydrogen-bond acceptors (Lipinski definition) is 4. The molecule has 0 radical (unpaired) electrons. The maximum absolute atomic E-state index is 12.6. The monoisotopic (exact) mass is 382 g/mol. The van der Waals surface area contributed by atoms with Crippen molar-refractivity contribution in [3.63, 3.8) is 0 Å². The van der Waals surface area contributed by atoms with Gasteiger partial charge in [-0.15, -0.1) is 11.3 Å². The minimum Gasteiger partial charge on any atom is -0.347 e. The van der Waals surface area contributed by atoms with Gasteiger partial charge in [-0.05, 0) is 17.2 Å². The molecule has 0 atom stereocenters. The molecule has 4 rings (SSSR count). The maximum atomic E-state index is 12.6. The van der Waals surface area contributed by atoms with E-state index in [0.717, 1.165) is 21.2 Å². The van der Waals surface area contributed by atoms with Crippen molar-refractivity contribution in [1.29, 1.82) is 0 Å². The highest BCUT2D eigenvalue weighted by atomic mass is 35.5. The van der Waals surface area contributed by atoms with Crippen LogP contribution in [0.25, 0.3) is 10.1 Å². The molecule has 2 aromatic carbocycles. The van der Waals surface area contributed by atoms with E-state index >= 15 is 0 Å². The smallest absolute Gasteiger partial charge is 0.263 e. The van der Waals surface area contributed by atoms with E-state index < -0.39 is 0 Å². The summed E-state index contributed by atoms with van der Waals surface area (Å²) < 4.78 is 2.76. The normalized spacial score (nSPS) is 11.0. The number of thiophene rings is 1. The highest BCUT2D eigenvalue weighted by Crippen LogP contribution is 2.35. The zero-order chi connectivity index (χ0) is 17.9. The lowest BCUT2D eigenvalue weighted by Gasteiger charge is -2.10. The van der Waals surface area contributed by atoms with Crippen molar-refractivity contribution in [3.05, 3.63) is 82.2 Å². The van der Waals surface area contributed by atoms with Gasteiger partial charge in [-0.2, -0.15) is 5.10 Å². The Morgan fingerprint density at radius 2 is 1.88 bits per heavy atom. The molecular formula is C19H15ClN4OS. The zero-order valence-corrected chi connectivity index (χ0v) is 15.3. The Kier molecular flexibility index (Phi) is 4.69. The molecule has 0 aliphatic rings. The Morgan fingerprint density at radius 3 is 2.65 bits per heavy atom. The summed E-state index contributed by atoms with van der Waals surface area (Å²) in [6, 6.07) is 15.7. The van der Waals surface area contributed by atoms with E-state index in [1.807, 2.05) is 48.5 Å². The van der Waals surface area contributed by atoms with Crippen LogP contribution < -0.4 is 5.32 Å². The second-order valence-electron chi connectivity index (χ2n) is 5.79. The van der Waals surface area contributed by atoms with Gasteiger partial charge in [0.1, 0.15) is 17.5 Å². The molecule has 130 valence electrons. The molecule has 0 fully saturated rings. The predicted octanol–water partition coefficient (Wildman–Crippen LogP) is 4.12. The van der Waals surface area contributed by atoms with Crippen molar-refractivity contribution in [2.45, 2.75) is 13.1 Å². The number of carbonyl (C=O) groups is 1. The van der Waals surface area contributed by atoms with Crippen molar-refractivity contribution in [2.24, 2.45) is 0 Å². The Labute approximate surface area is 159 Å². The fourth-order valence-electron chi connectivity index (χ4n) is 2.79. The van der Waals surface area contributed by atoms with Crippen molar-refractivity contribution < 1.29 is 4.79 Å². The number of nitrogens with one attached hydrogen (secondary N) is 1. The summed E-state index contributed by atoms with van der Waals surface area (Å²) in [5.41, 5.74) is 2.12. The van der Waals surface area contributed by atoms with Crippen LogP contribution in [0.3, 0.4) is 0 Å². The van der Waals surface area contributed by atoms with Crippen LogP contribution in [0.1, 0.15) is 20.8 Å². The molecule has 1 amide bonds. The summed E-state index contributed by atoms with van der Waals surface area (Å²) in [6.07, 6.45) is 3.18. The molecule has 0 aliphatic heterocycles. The molecule has 0 spiro atoms. The number of hydrogen-bond donors (Lipinski definition) is 1. The van der Waals surface area contributed by atoms with Gasteiger partial charge < -0.3 is 5.32 Å². The molecule has 1 N–H and O–H groups in total. The summed E-state index contributed by atoms with van der Waals surface area (Å²) in [6.45, 7) is 1.03. The fraction of sp³-hybridized carbons (Fsp3) is 0.105. The van der Waals surface area contributed by atoms with Gasteiger partial charge in [-0.3, -0.25) is 4.79 Å². The minimum absolute atomic E-state index is 0.160. The van der Waals surface area contributed by atoms with Gasteiger partial charge in [0.25, 0.3) is 5.91 Å². The number of amides is 1. The van der Waals surface area contributed by atoms with E-state index in [1.165, 1.54) is 17.7 Å². The first kappa shape index (κ1) is 16.8. The Morgan fingerprint density at radius 1 is 1.12 bits per heavy atom. The number of nitrogens with zero attached hydrogens (tertiary/aromatic N) is 3. The van der Waals surface area contributed by atoms with E-state index in [9.17, 15) is 4.79 Å². The number of fused-ring (bicyclic) bond motifs is 1. The van der Waals surface area contributed by atoms with Crippen LogP contribution in [-0.4, -0.2) is 20.7 Å². The number of benzene rings is 2. The highest BCUT2D eigenvalue weighted by molar-refractivity contribution is 7.21. The standard InChI is InChI=1S/C19H15ClN4OS/c20-17-15-7-3-4-8-16(15)26-18(17)19(25)22-9-13-5-1-2-6-14(13)10-24-12-21-11-23-24/h1-8,11-12H,9-10H2,(H,22,25). The predicted molar refractivity (Wildman–Crippen MR) is 104 cm³/mol. The third-order valence-corrected chi connectivity index (χ3v) is 5.77. The van der Waals surface area contributed by atoms with Crippen molar-refractivity contribution in [1.82, 2.24) is 20.1 Å². The number of halogens is 1. The SMILES string of the molecule is O=C(NCc1ccccc1Cn1cncn1)c1sc2ccccc2c1Cl. The molecular weight excluding hydrogens is 368 g/mol. The number of rotatable bonds is 5.